The van der Waals surface area contributed by atoms with Gasteiger partial charge in [0.2, 0.25) is 0 Å². The molecule has 0 aliphatic heterocycles. The van der Waals surface area contributed by atoms with Gasteiger partial charge in [-0.15, -0.1) is 0 Å². The summed E-state index contributed by atoms with van der Waals surface area (Å²) in [7, 11) is 3.73. The van der Waals surface area contributed by atoms with Gasteiger partial charge in [-0.2, -0.15) is 0 Å². The van der Waals surface area contributed by atoms with E-state index in [4.69, 9.17) is 16.3 Å². The zero-order valence-electron chi connectivity index (χ0n) is 12.6. The van der Waals surface area contributed by atoms with Gasteiger partial charge >= 0.3 is 0 Å². The molecule has 0 radical (unpaired) electrons. The highest BCUT2D eigenvalue weighted by Crippen LogP contribution is 2.26. The van der Waals surface area contributed by atoms with E-state index in [2.05, 4.69) is 43.1 Å². The van der Waals surface area contributed by atoms with Crippen molar-refractivity contribution in [3.05, 3.63) is 28.8 Å². The van der Waals surface area contributed by atoms with Gasteiger partial charge in [-0.05, 0) is 38.5 Å². The van der Waals surface area contributed by atoms with Gasteiger partial charge in [0.25, 0.3) is 0 Å². The molecule has 0 aliphatic carbocycles. The average molecular weight is 285 g/mol. The van der Waals surface area contributed by atoms with Gasteiger partial charge in [0.15, 0.2) is 0 Å². The number of likely N-dealkylation sites (N-methyl/N-ethyl adjacent to an activating group) is 1. The Hall–Kier alpha value is -0.770. The van der Waals surface area contributed by atoms with Crippen molar-refractivity contribution < 1.29 is 4.74 Å². The van der Waals surface area contributed by atoms with Crippen molar-refractivity contribution in [2.24, 2.45) is 0 Å². The van der Waals surface area contributed by atoms with Gasteiger partial charge in [0.05, 0.1) is 17.3 Å². The molecular weight excluding hydrogens is 260 g/mol. The molecule has 0 saturated heterocycles. The van der Waals surface area contributed by atoms with Gasteiger partial charge < -0.3 is 15.0 Å². The quantitative estimate of drug-likeness (QED) is 0.867. The first-order valence-electron chi connectivity index (χ1n) is 6.57. The summed E-state index contributed by atoms with van der Waals surface area (Å²) in [6.07, 6.45) is 0. The fourth-order valence-corrected chi connectivity index (χ4v) is 2.03. The standard InChI is InChI=1S/C15H25ClN2O/c1-15(2,3)17-11-12-6-7-14(13(16)10-12)18(4)8-9-19-5/h6-7,10,17H,8-9,11H2,1-5H3. The molecule has 0 atom stereocenters. The predicted octanol–water partition coefficient (Wildman–Crippen LogP) is 3.31. The van der Waals surface area contributed by atoms with Gasteiger partial charge in [0.1, 0.15) is 0 Å². The Balaban J connectivity index is 2.69. The van der Waals surface area contributed by atoms with E-state index in [0.29, 0.717) is 6.61 Å². The van der Waals surface area contributed by atoms with Crippen molar-refractivity contribution in [3.8, 4) is 0 Å². The Morgan fingerprint density at radius 2 is 2.00 bits per heavy atom. The van der Waals surface area contributed by atoms with Crippen LogP contribution in [0.2, 0.25) is 5.02 Å². The van der Waals surface area contributed by atoms with Crippen LogP contribution >= 0.6 is 11.6 Å². The Labute approximate surface area is 121 Å². The first-order valence-corrected chi connectivity index (χ1v) is 6.95. The van der Waals surface area contributed by atoms with E-state index in [1.54, 1.807) is 7.11 Å². The van der Waals surface area contributed by atoms with Crippen molar-refractivity contribution >= 4 is 17.3 Å². The fourth-order valence-electron chi connectivity index (χ4n) is 1.69. The SMILES string of the molecule is COCCN(C)c1ccc(CNC(C)(C)C)cc1Cl. The number of halogens is 1. The maximum atomic E-state index is 6.34. The van der Waals surface area contributed by atoms with Crippen molar-refractivity contribution in [1.29, 1.82) is 0 Å². The summed E-state index contributed by atoms with van der Waals surface area (Å²) in [6, 6.07) is 6.21. The molecule has 0 fully saturated rings. The van der Waals surface area contributed by atoms with Crippen LogP contribution in [0.3, 0.4) is 0 Å². The maximum Gasteiger partial charge on any atom is 0.0642 e. The molecular formula is C15H25ClN2O. The molecule has 108 valence electrons. The Bertz CT molecular complexity index is 402. The average Bonchev–Trinajstić information content (AvgIpc) is 2.32. The Morgan fingerprint density at radius 1 is 1.32 bits per heavy atom. The van der Waals surface area contributed by atoms with Gasteiger partial charge in [0, 0.05) is 32.8 Å². The number of nitrogens with one attached hydrogen (secondary N) is 1. The summed E-state index contributed by atoms with van der Waals surface area (Å²) in [4.78, 5) is 2.10. The third-order valence-electron chi connectivity index (χ3n) is 2.88. The molecule has 19 heavy (non-hydrogen) atoms. The van der Waals surface area contributed by atoms with Crippen molar-refractivity contribution in [1.82, 2.24) is 5.32 Å². The van der Waals surface area contributed by atoms with E-state index >= 15 is 0 Å². The van der Waals surface area contributed by atoms with E-state index in [9.17, 15) is 0 Å². The number of ether oxygens (including phenoxy) is 1. The molecule has 0 aliphatic rings. The molecule has 0 amide bonds. The molecule has 1 aromatic carbocycles. The second-order valence-corrected chi connectivity index (χ2v) is 6.21. The number of hydrogen-bond donors (Lipinski definition) is 1. The van der Waals surface area contributed by atoms with E-state index in [-0.39, 0.29) is 5.54 Å². The van der Waals surface area contributed by atoms with Crippen LogP contribution in [-0.2, 0) is 11.3 Å². The van der Waals surface area contributed by atoms with Crippen molar-refractivity contribution in [3.63, 3.8) is 0 Å². The third kappa shape index (κ3) is 5.81. The number of anilines is 1. The van der Waals surface area contributed by atoms with E-state index in [1.807, 2.05) is 13.1 Å². The van der Waals surface area contributed by atoms with Gasteiger partial charge in [-0.3, -0.25) is 0 Å². The van der Waals surface area contributed by atoms with Crippen LogP contribution in [0.4, 0.5) is 5.69 Å². The topological polar surface area (TPSA) is 24.5 Å². The molecule has 4 heteroatoms. The van der Waals surface area contributed by atoms with Gasteiger partial charge in [-0.25, -0.2) is 0 Å². The zero-order valence-corrected chi connectivity index (χ0v) is 13.3. The molecule has 0 aromatic heterocycles. The number of benzene rings is 1. The largest absolute Gasteiger partial charge is 0.383 e. The van der Waals surface area contributed by atoms with Crippen molar-refractivity contribution in [2.45, 2.75) is 32.9 Å². The molecule has 0 spiro atoms. The second kappa shape index (κ2) is 7.13. The summed E-state index contributed by atoms with van der Waals surface area (Å²) in [6.45, 7) is 8.81. The first kappa shape index (κ1) is 16.3. The highest BCUT2D eigenvalue weighted by atomic mass is 35.5. The lowest BCUT2D eigenvalue weighted by atomic mass is 10.1. The van der Waals surface area contributed by atoms with Crippen LogP contribution in [0.15, 0.2) is 18.2 Å². The van der Waals surface area contributed by atoms with Crippen LogP contribution < -0.4 is 10.2 Å². The minimum Gasteiger partial charge on any atom is -0.383 e. The molecule has 0 bridgehead atoms. The summed E-state index contributed by atoms with van der Waals surface area (Å²) < 4.78 is 5.08. The third-order valence-corrected chi connectivity index (χ3v) is 3.18. The van der Waals surface area contributed by atoms with Crippen molar-refractivity contribution in [2.75, 3.05) is 32.2 Å². The Kier molecular flexibility index (Phi) is 6.11. The number of hydrogen-bond acceptors (Lipinski definition) is 3. The summed E-state index contributed by atoms with van der Waals surface area (Å²) in [5.74, 6) is 0. The fraction of sp³-hybridized carbons (Fsp3) is 0.600. The summed E-state index contributed by atoms with van der Waals surface area (Å²) in [5.41, 5.74) is 2.35. The highest BCUT2D eigenvalue weighted by Gasteiger charge is 2.10. The second-order valence-electron chi connectivity index (χ2n) is 5.80. The highest BCUT2D eigenvalue weighted by molar-refractivity contribution is 6.33. The zero-order chi connectivity index (χ0) is 14.5. The van der Waals surface area contributed by atoms with Crippen LogP contribution in [-0.4, -0.2) is 32.8 Å². The molecule has 1 aromatic rings. The number of methoxy groups -OCH3 is 1. The van der Waals surface area contributed by atoms with E-state index in [1.165, 1.54) is 5.56 Å². The lowest BCUT2D eigenvalue weighted by Crippen LogP contribution is -2.35. The molecule has 0 unspecified atom stereocenters. The maximum absolute atomic E-state index is 6.34. The van der Waals surface area contributed by atoms with Crippen LogP contribution in [0.1, 0.15) is 26.3 Å². The summed E-state index contributed by atoms with van der Waals surface area (Å²) >= 11 is 6.34. The number of nitrogens with zero attached hydrogens (tertiary/aromatic N) is 1. The van der Waals surface area contributed by atoms with E-state index < -0.39 is 0 Å². The number of rotatable bonds is 6. The van der Waals surface area contributed by atoms with Crippen LogP contribution in [0.5, 0.6) is 0 Å². The summed E-state index contributed by atoms with van der Waals surface area (Å²) in [5, 5.41) is 4.24. The van der Waals surface area contributed by atoms with E-state index in [0.717, 1.165) is 23.8 Å². The lowest BCUT2D eigenvalue weighted by Gasteiger charge is -2.22. The normalized spacial score (nSPS) is 11.7. The molecule has 0 saturated carbocycles. The predicted molar refractivity (Wildman–Crippen MR) is 83.2 cm³/mol. The minimum absolute atomic E-state index is 0.112. The first-order chi connectivity index (χ1) is 8.83. The smallest absolute Gasteiger partial charge is 0.0642 e. The molecule has 0 heterocycles. The monoisotopic (exact) mass is 284 g/mol. The minimum atomic E-state index is 0.112. The van der Waals surface area contributed by atoms with Gasteiger partial charge in [-0.1, -0.05) is 17.7 Å². The molecule has 1 N–H and O–H groups in total. The Morgan fingerprint density at radius 3 is 2.53 bits per heavy atom. The van der Waals surface area contributed by atoms with Crippen LogP contribution in [0, 0.1) is 0 Å². The lowest BCUT2D eigenvalue weighted by molar-refractivity contribution is 0.206. The molecule has 1 rings (SSSR count). The van der Waals surface area contributed by atoms with Crippen LogP contribution in [0.25, 0.3) is 0 Å². The molecule has 3 nitrogen and oxygen atoms in total.